The largest absolute Gasteiger partial charge is 0.497 e. The van der Waals surface area contributed by atoms with Crippen molar-refractivity contribution in [3.05, 3.63) is 125 Å². The molecule has 6 nitrogen and oxygen atoms in total. The highest BCUT2D eigenvalue weighted by Gasteiger charge is 2.23. The molecule has 0 radical (unpaired) electrons. The van der Waals surface area contributed by atoms with Crippen molar-refractivity contribution in [3.8, 4) is 5.75 Å². The Labute approximate surface area is 269 Å². The molecular formula is C39H49N3O3. The molecule has 1 heterocycles. The second-order valence-corrected chi connectivity index (χ2v) is 11.8. The average Bonchev–Trinajstić information content (AvgIpc) is 3.50. The maximum absolute atomic E-state index is 14.1. The van der Waals surface area contributed by atoms with Crippen LogP contribution in [0.3, 0.4) is 0 Å². The van der Waals surface area contributed by atoms with Crippen LogP contribution in [0.25, 0.3) is 0 Å². The van der Waals surface area contributed by atoms with E-state index in [1.807, 2.05) is 77.8 Å². The first kappa shape index (κ1) is 33.6. The Morgan fingerprint density at radius 2 is 1.44 bits per heavy atom. The van der Waals surface area contributed by atoms with E-state index in [1.54, 1.807) is 12.0 Å². The van der Waals surface area contributed by atoms with E-state index in [0.29, 0.717) is 31.7 Å². The number of aryl methyl sites for hydroxylation is 1. The van der Waals surface area contributed by atoms with Gasteiger partial charge in [-0.3, -0.25) is 9.59 Å². The molecule has 2 amide bonds. The Balaban J connectivity index is 1.53. The van der Waals surface area contributed by atoms with Gasteiger partial charge in [-0.15, -0.1) is 0 Å². The summed E-state index contributed by atoms with van der Waals surface area (Å²) in [6.07, 6.45) is 9.55. The molecule has 45 heavy (non-hydrogen) atoms. The minimum atomic E-state index is -0.0828. The van der Waals surface area contributed by atoms with E-state index in [0.717, 1.165) is 54.7 Å². The van der Waals surface area contributed by atoms with Crippen LogP contribution >= 0.6 is 0 Å². The third-order valence-corrected chi connectivity index (χ3v) is 8.25. The van der Waals surface area contributed by atoms with Crippen LogP contribution in [0.15, 0.2) is 97.2 Å². The average molecular weight is 608 g/mol. The van der Waals surface area contributed by atoms with Gasteiger partial charge in [0.2, 0.25) is 5.91 Å². The second kappa shape index (κ2) is 17.8. The van der Waals surface area contributed by atoms with Gasteiger partial charge in [0.15, 0.2) is 0 Å². The topological polar surface area (TPSA) is 54.8 Å². The van der Waals surface area contributed by atoms with E-state index >= 15 is 0 Å². The van der Waals surface area contributed by atoms with Gasteiger partial charge in [0, 0.05) is 37.1 Å². The molecule has 3 aromatic carbocycles. The number of ether oxygens (including phenoxy) is 1. The van der Waals surface area contributed by atoms with E-state index < -0.39 is 0 Å². The number of methoxy groups -OCH3 is 1. The van der Waals surface area contributed by atoms with Crippen LogP contribution < -0.4 is 4.74 Å². The highest BCUT2D eigenvalue weighted by atomic mass is 16.5. The lowest BCUT2D eigenvalue weighted by Crippen LogP contribution is -2.43. The van der Waals surface area contributed by atoms with E-state index in [4.69, 9.17) is 4.74 Å². The molecule has 0 unspecified atom stereocenters. The lowest BCUT2D eigenvalue weighted by Gasteiger charge is -2.28. The number of carbonyl (C=O) groups is 2. The van der Waals surface area contributed by atoms with Crippen molar-refractivity contribution >= 4 is 11.8 Å². The number of amides is 2. The molecule has 1 aromatic heterocycles. The van der Waals surface area contributed by atoms with Crippen LogP contribution in [-0.2, 0) is 30.8 Å². The van der Waals surface area contributed by atoms with Crippen molar-refractivity contribution in [2.24, 2.45) is 0 Å². The fourth-order valence-corrected chi connectivity index (χ4v) is 5.59. The minimum Gasteiger partial charge on any atom is -0.497 e. The normalized spacial score (nSPS) is 10.9. The van der Waals surface area contributed by atoms with Crippen LogP contribution in [0.5, 0.6) is 5.75 Å². The Bertz CT molecular complexity index is 1460. The number of carbonyl (C=O) groups excluding carboxylic acids is 2. The minimum absolute atomic E-state index is 0.0459. The molecule has 0 aliphatic rings. The molecule has 0 aliphatic carbocycles. The maximum Gasteiger partial charge on any atom is 0.254 e. The predicted octanol–water partition coefficient (Wildman–Crippen LogP) is 8.14. The summed E-state index contributed by atoms with van der Waals surface area (Å²) in [4.78, 5) is 31.5. The highest BCUT2D eigenvalue weighted by Crippen LogP contribution is 2.18. The molecule has 0 aliphatic heterocycles. The molecule has 4 rings (SSSR count). The van der Waals surface area contributed by atoms with Gasteiger partial charge in [-0.2, -0.15) is 0 Å². The van der Waals surface area contributed by atoms with Crippen LogP contribution in [0.4, 0.5) is 0 Å². The van der Waals surface area contributed by atoms with Gasteiger partial charge in [-0.05, 0) is 72.4 Å². The van der Waals surface area contributed by atoms with Crippen molar-refractivity contribution in [2.45, 2.75) is 78.4 Å². The van der Waals surface area contributed by atoms with Gasteiger partial charge in [0.25, 0.3) is 5.91 Å². The number of benzene rings is 3. The highest BCUT2D eigenvalue weighted by molar-refractivity contribution is 5.96. The smallest absolute Gasteiger partial charge is 0.254 e. The fourth-order valence-electron chi connectivity index (χ4n) is 5.59. The number of hydrogen-bond acceptors (Lipinski definition) is 3. The summed E-state index contributed by atoms with van der Waals surface area (Å²) >= 11 is 0. The van der Waals surface area contributed by atoms with Crippen molar-refractivity contribution < 1.29 is 14.3 Å². The lowest BCUT2D eigenvalue weighted by molar-refractivity contribution is -0.133. The van der Waals surface area contributed by atoms with Crippen molar-refractivity contribution in [2.75, 3.05) is 20.2 Å². The first-order valence-corrected chi connectivity index (χ1v) is 16.5. The molecule has 0 fully saturated rings. The first-order chi connectivity index (χ1) is 22.0. The predicted molar refractivity (Wildman–Crippen MR) is 182 cm³/mol. The summed E-state index contributed by atoms with van der Waals surface area (Å²) in [5.74, 6) is 0.677. The molecular weight excluding hydrogens is 558 g/mol. The lowest BCUT2D eigenvalue weighted by atomic mass is 10.0. The molecule has 0 spiro atoms. The molecule has 0 saturated carbocycles. The second-order valence-electron chi connectivity index (χ2n) is 11.8. The molecule has 0 saturated heterocycles. The number of aromatic nitrogens is 1. The van der Waals surface area contributed by atoms with Gasteiger partial charge in [0.05, 0.1) is 13.7 Å². The number of rotatable bonds is 18. The summed E-state index contributed by atoms with van der Waals surface area (Å²) in [5, 5.41) is 0. The van der Waals surface area contributed by atoms with E-state index in [-0.39, 0.29) is 18.4 Å². The number of hydrogen-bond donors (Lipinski definition) is 0. The summed E-state index contributed by atoms with van der Waals surface area (Å²) < 4.78 is 7.59. The van der Waals surface area contributed by atoms with Gasteiger partial charge < -0.3 is 19.1 Å². The zero-order chi connectivity index (χ0) is 31.9. The van der Waals surface area contributed by atoms with Crippen molar-refractivity contribution in [1.82, 2.24) is 14.4 Å². The summed E-state index contributed by atoms with van der Waals surface area (Å²) in [6, 6.07) is 30.2. The molecule has 0 N–H and O–H groups in total. The van der Waals surface area contributed by atoms with E-state index in [1.165, 1.54) is 18.4 Å². The molecule has 6 heteroatoms. The maximum atomic E-state index is 14.1. The first-order valence-electron chi connectivity index (χ1n) is 16.5. The van der Waals surface area contributed by atoms with Crippen molar-refractivity contribution in [3.63, 3.8) is 0 Å². The van der Waals surface area contributed by atoms with E-state index in [9.17, 15) is 9.59 Å². The van der Waals surface area contributed by atoms with Gasteiger partial charge in [-0.1, -0.05) is 94.1 Å². The zero-order valence-corrected chi connectivity index (χ0v) is 27.3. The van der Waals surface area contributed by atoms with Gasteiger partial charge in [-0.25, -0.2) is 0 Å². The molecule has 4 aromatic rings. The Morgan fingerprint density at radius 3 is 2.18 bits per heavy atom. The van der Waals surface area contributed by atoms with E-state index in [2.05, 4.69) is 42.7 Å². The Kier molecular flexibility index (Phi) is 13.3. The van der Waals surface area contributed by atoms with Crippen LogP contribution in [-0.4, -0.2) is 46.4 Å². The monoisotopic (exact) mass is 607 g/mol. The van der Waals surface area contributed by atoms with Crippen LogP contribution in [0, 0.1) is 0 Å². The van der Waals surface area contributed by atoms with Crippen LogP contribution in [0.2, 0.25) is 0 Å². The number of nitrogens with zero attached hydrogens (tertiary/aromatic N) is 3. The standard InChI is InChI=1S/C39H49N3O3/c1-4-6-9-15-32-21-23-35(24-22-32)39(44)41(25-12-7-5-2)31-38(43)42(28-33-16-10-8-11-17-33)30-36-19-14-26-40(36)29-34-18-13-20-37(27-34)45-3/h8,10-11,13-14,16-24,26-27H,4-7,9,12,15,25,28-31H2,1-3H3. The quantitative estimate of drug-likeness (QED) is 0.107. The Hall–Kier alpha value is -4.32. The summed E-state index contributed by atoms with van der Waals surface area (Å²) in [5.41, 5.74) is 5.10. The molecule has 0 atom stereocenters. The van der Waals surface area contributed by atoms with Gasteiger partial charge in [0.1, 0.15) is 12.3 Å². The third-order valence-electron chi connectivity index (χ3n) is 8.25. The molecule has 238 valence electrons. The number of unbranched alkanes of at least 4 members (excludes halogenated alkanes) is 4. The molecule has 0 bridgehead atoms. The van der Waals surface area contributed by atoms with Gasteiger partial charge >= 0.3 is 0 Å². The fraction of sp³-hybridized carbons (Fsp3) is 0.385. The summed E-state index contributed by atoms with van der Waals surface area (Å²) in [7, 11) is 1.67. The van der Waals surface area contributed by atoms with Crippen molar-refractivity contribution in [1.29, 1.82) is 0 Å². The Morgan fingerprint density at radius 1 is 0.711 bits per heavy atom. The summed E-state index contributed by atoms with van der Waals surface area (Å²) in [6.45, 7) is 6.53. The SMILES string of the molecule is CCCCCc1ccc(C(=O)N(CCCCC)CC(=O)N(Cc2ccccc2)Cc2cccn2Cc2cccc(OC)c2)cc1. The zero-order valence-electron chi connectivity index (χ0n) is 27.3. The third kappa shape index (κ3) is 10.4. The van der Waals surface area contributed by atoms with Crippen LogP contribution in [0.1, 0.15) is 85.1 Å².